The molecule has 2 aromatic heterocycles. The van der Waals surface area contributed by atoms with Crippen LogP contribution in [-0.4, -0.2) is 31.2 Å². The molecule has 0 radical (unpaired) electrons. The molecule has 0 aliphatic carbocycles. The summed E-state index contributed by atoms with van der Waals surface area (Å²) in [5.74, 6) is 0. The van der Waals surface area contributed by atoms with Gasteiger partial charge in [0, 0.05) is 11.1 Å². The van der Waals surface area contributed by atoms with E-state index in [1.807, 2.05) is 24.3 Å². The highest BCUT2D eigenvalue weighted by molar-refractivity contribution is 7.19. The third-order valence-electron chi connectivity index (χ3n) is 2.27. The van der Waals surface area contributed by atoms with Gasteiger partial charge in [0.25, 0.3) is 0 Å². The summed E-state index contributed by atoms with van der Waals surface area (Å²) in [5, 5.41) is 24.5. The molecule has 1 N–H and O–H groups in total. The molecular weight excluding hydrogens is 238 g/mol. The first-order valence-electron chi connectivity index (χ1n) is 4.82. The second-order valence-electron chi connectivity index (χ2n) is 3.30. The number of aromatic nitrogens is 4. The molecule has 84 valence electrons. The Morgan fingerprint density at radius 2 is 2.24 bits per heavy atom. The van der Waals surface area contributed by atoms with Crippen molar-refractivity contribution in [1.29, 1.82) is 0 Å². The van der Waals surface area contributed by atoms with Gasteiger partial charge in [-0.25, -0.2) is 0 Å². The lowest BCUT2D eigenvalue weighted by molar-refractivity contribution is 0.322. The largest absolute Gasteiger partial charge is 0.411 e. The lowest BCUT2D eigenvalue weighted by Gasteiger charge is -1.99. The summed E-state index contributed by atoms with van der Waals surface area (Å²) in [6, 6.07) is 7.56. The van der Waals surface area contributed by atoms with Gasteiger partial charge in [0.1, 0.15) is 11.3 Å². The zero-order chi connectivity index (χ0) is 11.7. The summed E-state index contributed by atoms with van der Waals surface area (Å²) < 4.78 is 1.62. The molecule has 0 bridgehead atoms. The van der Waals surface area contributed by atoms with Crippen LogP contribution in [0.1, 0.15) is 5.56 Å². The van der Waals surface area contributed by atoms with Crippen molar-refractivity contribution in [3.05, 3.63) is 36.2 Å². The van der Waals surface area contributed by atoms with Crippen LogP contribution in [0.15, 0.2) is 35.7 Å². The van der Waals surface area contributed by atoms with Crippen molar-refractivity contribution in [1.82, 2.24) is 19.8 Å². The SMILES string of the molecule is O/N=C\c1ccccc1-c1nn2cnnc2s1. The van der Waals surface area contributed by atoms with Crippen LogP contribution in [0.25, 0.3) is 15.5 Å². The predicted octanol–water partition coefficient (Wildman–Crippen LogP) is 1.66. The molecule has 0 aliphatic heterocycles. The van der Waals surface area contributed by atoms with Crippen molar-refractivity contribution in [2.24, 2.45) is 5.16 Å². The van der Waals surface area contributed by atoms with E-state index < -0.39 is 0 Å². The molecule has 0 saturated heterocycles. The summed E-state index contributed by atoms with van der Waals surface area (Å²) in [5.41, 5.74) is 1.71. The van der Waals surface area contributed by atoms with Crippen LogP contribution in [0, 0.1) is 0 Å². The molecule has 0 amide bonds. The van der Waals surface area contributed by atoms with Gasteiger partial charge >= 0.3 is 0 Å². The van der Waals surface area contributed by atoms with Gasteiger partial charge in [-0.2, -0.15) is 9.61 Å². The molecule has 7 heteroatoms. The van der Waals surface area contributed by atoms with Crippen LogP contribution in [0.2, 0.25) is 0 Å². The molecule has 0 aliphatic rings. The van der Waals surface area contributed by atoms with Gasteiger partial charge in [-0.15, -0.1) is 10.2 Å². The molecule has 1 aromatic carbocycles. The van der Waals surface area contributed by atoms with E-state index >= 15 is 0 Å². The number of hydrogen-bond acceptors (Lipinski definition) is 6. The molecule has 0 spiro atoms. The van der Waals surface area contributed by atoms with E-state index in [1.165, 1.54) is 17.6 Å². The Morgan fingerprint density at radius 3 is 3.06 bits per heavy atom. The lowest BCUT2D eigenvalue weighted by Crippen LogP contribution is -1.88. The average molecular weight is 245 g/mol. The molecule has 0 atom stereocenters. The molecule has 17 heavy (non-hydrogen) atoms. The van der Waals surface area contributed by atoms with Crippen LogP contribution >= 0.6 is 11.3 Å². The van der Waals surface area contributed by atoms with Crippen molar-refractivity contribution < 1.29 is 5.21 Å². The minimum atomic E-state index is 0.732. The molecule has 3 aromatic rings. The smallest absolute Gasteiger partial charge is 0.234 e. The lowest BCUT2D eigenvalue weighted by atomic mass is 10.1. The molecular formula is C10H7N5OS. The zero-order valence-corrected chi connectivity index (χ0v) is 9.37. The fourth-order valence-electron chi connectivity index (χ4n) is 1.54. The quantitative estimate of drug-likeness (QED) is 0.423. The Morgan fingerprint density at radius 1 is 1.35 bits per heavy atom. The molecule has 6 nitrogen and oxygen atoms in total. The minimum absolute atomic E-state index is 0.732. The number of hydrogen-bond donors (Lipinski definition) is 1. The Hall–Kier alpha value is -2.28. The number of oxime groups is 1. The average Bonchev–Trinajstić information content (AvgIpc) is 2.90. The second-order valence-corrected chi connectivity index (χ2v) is 4.25. The van der Waals surface area contributed by atoms with Crippen LogP contribution in [0.5, 0.6) is 0 Å². The summed E-state index contributed by atoms with van der Waals surface area (Å²) in [4.78, 5) is 0.732. The Balaban J connectivity index is 2.18. The fraction of sp³-hybridized carbons (Fsp3) is 0. The van der Waals surface area contributed by atoms with Crippen molar-refractivity contribution in [2.75, 3.05) is 0 Å². The highest BCUT2D eigenvalue weighted by Crippen LogP contribution is 2.26. The third kappa shape index (κ3) is 1.66. The van der Waals surface area contributed by atoms with Crippen LogP contribution < -0.4 is 0 Å². The fourth-order valence-corrected chi connectivity index (χ4v) is 2.40. The van der Waals surface area contributed by atoms with Crippen LogP contribution in [0.4, 0.5) is 0 Å². The number of fused-ring (bicyclic) bond motifs is 1. The maximum atomic E-state index is 8.62. The number of nitrogens with zero attached hydrogens (tertiary/aromatic N) is 5. The van der Waals surface area contributed by atoms with Gasteiger partial charge in [-0.3, -0.25) is 0 Å². The Bertz CT molecular complexity index is 658. The molecule has 0 saturated carbocycles. The molecule has 0 unspecified atom stereocenters. The molecule has 0 fully saturated rings. The highest BCUT2D eigenvalue weighted by Gasteiger charge is 2.10. The van der Waals surface area contributed by atoms with E-state index in [1.54, 1.807) is 10.8 Å². The standard InChI is InChI=1S/C10H7N5OS/c16-12-5-7-3-1-2-4-8(7)9-14-15-6-11-13-10(15)17-9/h1-6,16H/b12-5-. The monoisotopic (exact) mass is 245 g/mol. The van der Waals surface area contributed by atoms with Gasteiger partial charge in [0.15, 0.2) is 0 Å². The van der Waals surface area contributed by atoms with Gasteiger partial charge < -0.3 is 5.21 Å². The van der Waals surface area contributed by atoms with E-state index in [4.69, 9.17) is 5.21 Å². The second kappa shape index (κ2) is 3.95. The zero-order valence-electron chi connectivity index (χ0n) is 8.56. The van der Waals surface area contributed by atoms with Gasteiger partial charge in [0.05, 0.1) is 6.21 Å². The number of benzene rings is 1. The van der Waals surface area contributed by atoms with E-state index in [2.05, 4.69) is 20.5 Å². The first-order chi connectivity index (χ1) is 8.38. The number of rotatable bonds is 2. The molecule has 2 heterocycles. The molecule has 3 rings (SSSR count). The first kappa shape index (κ1) is 9.91. The van der Waals surface area contributed by atoms with Crippen LogP contribution in [-0.2, 0) is 0 Å². The van der Waals surface area contributed by atoms with E-state index in [9.17, 15) is 0 Å². The van der Waals surface area contributed by atoms with Crippen molar-refractivity contribution in [3.8, 4) is 10.6 Å². The predicted molar refractivity (Wildman–Crippen MR) is 63.5 cm³/mol. The summed E-state index contributed by atoms with van der Waals surface area (Å²) in [7, 11) is 0. The van der Waals surface area contributed by atoms with Gasteiger partial charge in [-0.1, -0.05) is 40.8 Å². The first-order valence-corrected chi connectivity index (χ1v) is 5.64. The minimum Gasteiger partial charge on any atom is -0.411 e. The highest BCUT2D eigenvalue weighted by atomic mass is 32.1. The van der Waals surface area contributed by atoms with Crippen LogP contribution in [0.3, 0.4) is 0 Å². The summed E-state index contributed by atoms with van der Waals surface area (Å²) in [6.45, 7) is 0. The Kier molecular flexibility index (Phi) is 2.30. The van der Waals surface area contributed by atoms with E-state index in [0.29, 0.717) is 0 Å². The van der Waals surface area contributed by atoms with Crippen molar-refractivity contribution in [2.45, 2.75) is 0 Å². The topological polar surface area (TPSA) is 75.7 Å². The van der Waals surface area contributed by atoms with E-state index in [0.717, 1.165) is 21.1 Å². The normalized spacial score (nSPS) is 11.5. The Labute approximate surface area is 99.9 Å². The third-order valence-corrected chi connectivity index (χ3v) is 3.22. The maximum absolute atomic E-state index is 8.62. The van der Waals surface area contributed by atoms with Crippen molar-refractivity contribution in [3.63, 3.8) is 0 Å². The maximum Gasteiger partial charge on any atom is 0.234 e. The van der Waals surface area contributed by atoms with Gasteiger partial charge in [-0.05, 0) is 0 Å². The van der Waals surface area contributed by atoms with Gasteiger partial charge in [0.2, 0.25) is 4.96 Å². The van der Waals surface area contributed by atoms with Crippen molar-refractivity contribution >= 4 is 22.5 Å². The summed E-state index contributed by atoms with van der Waals surface area (Å²) >= 11 is 1.43. The summed E-state index contributed by atoms with van der Waals surface area (Å²) in [6.07, 6.45) is 2.94. The van der Waals surface area contributed by atoms with E-state index in [-0.39, 0.29) is 0 Å².